The average molecular weight is 340 g/mol. The first-order chi connectivity index (χ1) is 12.0. The molecule has 128 valence electrons. The molecule has 0 fully saturated rings. The molecule has 25 heavy (non-hydrogen) atoms. The first-order valence-corrected chi connectivity index (χ1v) is 7.86. The zero-order valence-electron chi connectivity index (χ0n) is 13.6. The van der Waals surface area contributed by atoms with Crippen LogP contribution in [0.1, 0.15) is 28.1 Å². The van der Waals surface area contributed by atoms with E-state index in [0.717, 1.165) is 10.9 Å². The van der Waals surface area contributed by atoms with Crippen molar-refractivity contribution in [2.75, 3.05) is 0 Å². The number of carbonyl (C=O) groups excluding carboxylic acids is 2. The number of furan rings is 1. The van der Waals surface area contributed by atoms with Gasteiger partial charge in [-0.1, -0.05) is 30.3 Å². The Kier molecular flexibility index (Phi) is 4.79. The molecule has 0 aliphatic rings. The van der Waals surface area contributed by atoms with E-state index in [0.29, 0.717) is 17.6 Å². The largest absolute Gasteiger partial charge is 0.451 e. The molecule has 1 aromatic heterocycles. The van der Waals surface area contributed by atoms with E-state index in [1.807, 2.05) is 18.2 Å². The van der Waals surface area contributed by atoms with Crippen molar-refractivity contribution in [2.45, 2.75) is 19.8 Å². The summed E-state index contributed by atoms with van der Waals surface area (Å²) < 4.78 is 18.6. The number of rotatable bonds is 4. The molecule has 2 N–H and O–H groups in total. The zero-order valence-corrected chi connectivity index (χ0v) is 13.6. The van der Waals surface area contributed by atoms with Crippen molar-refractivity contribution in [1.29, 1.82) is 0 Å². The summed E-state index contributed by atoms with van der Waals surface area (Å²) in [5.74, 6) is -1.07. The second kappa shape index (κ2) is 7.17. The molecule has 2 amide bonds. The zero-order chi connectivity index (χ0) is 17.8. The lowest BCUT2D eigenvalue weighted by atomic mass is 10.1. The van der Waals surface area contributed by atoms with Gasteiger partial charge in [-0.05, 0) is 37.1 Å². The maximum atomic E-state index is 13.1. The van der Waals surface area contributed by atoms with E-state index in [2.05, 4.69) is 10.9 Å². The molecule has 2 aromatic carbocycles. The Morgan fingerprint density at radius 2 is 1.88 bits per heavy atom. The van der Waals surface area contributed by atoms with Gasteiger partial charge >= 0.3 is 5.91 Å². The van der Waals surface area contributed by atoms with Gasteiger partial charge in [0.25, 0.3) is 0 Å². The molecule has 0 spiro atoms. The van der Waals surface area contributed by atoms with Crippen molar-refractivity contribution in [3.63, 3.8) is 0 Å². The van der Waals surface area contributed by atoms with E-state index < -0.39 is 5.91 Å². The Balaban J connectivity index is 1.56. The van der Waals surface area contributed by atoms with Gasteiger partial charge in [-0.3, -0.25) is 20.4 Å². The van der Waals surface area contributed by atoms with Crippen LogP contribution in [0.4, 0.5) is 4.39 Å². The fourth-order valence-corrected chi connectivity index (χ4v) is 2.59. The van der Waals surface area contributed by atoms with E-state index in [-0.39, 0.29) is 23.9 Å². The number of carbonyl (C=O) groups is 2. The van der Waals surface area contributed by atoms with Gasteiger partial charge in [-0.15, -0.1) is 0 Å². The Labute approximate surface area is 143 Å². The third-order valence-corrected chi connectivity index (χ3v) is 3.90. The normalized spacial score (nSPS) is 10.6. The third kappa shape index (κ3) is 3.85. The predicted octanol–water partition coefficient (Wildman–Crippen LogP) is 3.27. The van der Waals surface area contributed by atoms with Crippen LogP contribution in [0.2, 0.25) is 0 Å². The van der Waals surface area contributed by atoms with Crippen molar-refractivity contribution >= 4 is 22.8 Å². The first kappa shape index (κ1) is 16.7. The molecule has 0 saturated heterocycles. The van der Waals surface area contributed by atoms with Gasteiger partial charge in [0.15, 0.2) is 5.76 Å². The molecule has 0 atom stereocenters. The highest BCUT2D eigenvalue weighted by molar-refractivity contribution is 5.99. The molecule has 0 unspecified atom stereocenters. The Hall–Kier alpha value is -3.15. The van der Waals surface area contributed by atoms with Gasteiger partial charge in [0.05, 0.1) is 0 Å². The number of hydrogen-bond donors (Lipinski definition) is 2. The molecule has 3 rings (SSSR count). The molecular formula is C19H17FN2O3. The van der Waals surface area contributed by atoms with Gasteiger partial charge in [-0.25, -0.2) is 4.39 Å². The SMILES string of the molecule is Cc1c(C(=O)NNC(=O)CCc2cccc(F)c2)oc2ccccc12. The highest BCUT2D eigenvalue weighted by atomic mass is 19.1. The molecular weight excluding hydrogens is 323 g/mol. The number of hydrazine groups is 1. The summed E-state index contributed by atoms with van der Waals surface area (Å²) >= 11 is 0. The fraction of sp³-hybridized carbons (Fsp3) is 0.158. The van der Waals surface area contributed by atoms with Crippen LogP contribution in [0.3, 0.4) is 0 Å². The van der Waals surface area contributed by atoms with E-state index in [9.17, 15) is 14.0 Å². The molecule has 0 bridgehead atoms. The van der Waals surface area contributed by atoms with Crippen LogP contribution in [0, 0.1) is 12.7 Å². The summed E-state index contributed by atoms with van der Waals surface area (Å²) in [5, 5.41) is 0.852. The molecule has 5 nitrogen and oxygen atoms in total. The smallest absolute Gasteiger partial charge is 0.305 e. The summed E-state index contributed by atoms with van der Waals surface area (Å²) in [7, 11) is 0. The third-order valence-electron chi connectivity index (χ3n) is 3.90. The van der Waals surface area contributed by atoms with Crippen molar-refractivity contribution in [1.82, 2.24) is 10.9 Å². The quantitative estimate of drug-likeness (QED) is 0.716. The number of fused-ring (bicyclic) bond motifs is 1. The minimum atomic E-state index is -0.521. The Morgan fingerprint density at radius 3 is 2.64 bits per heavy atom. The number of nitrogens with one attached hydrogen (secondary N) is 2. The minimum absolute atomic E-state index is 0.128. The van der Waals surface area contributed by atoms with Crippen LogP contribution in [0.15, 0.2) is 52.9 Å². The fourth-order valence-electron chi connectivity index (χ4n) is 2.59. The standard InChI is InChI=1S/C19H17FN2O3/c1-12-15-7-2-3-8-16(15)25-18(12)19(24)22-21-17(23)10-9-13-5-4-6-14(20)11-13/h2-8,11H,9-10H2,1H3,(H,21,23)(H,22,24). The van der Waals surface area contributed by atoms with E-state index in [1.54, 1.807) is 25.1 Å². The molecule has 1 heterocycles. The topological polar surface area (TPSA) is 71.3 Å². The molecule has 3 aromatic rings. The number of halogens is 1. The van der Waals surface area contributed by atoms with Gasteiger partial charge < -0.3 is 4.42 Å². The number of benzene rings is 2. The number of hydrogen-bond acceptors (Lipinski definition) is 3. The Bertz CT molecular complexity index is 933. The van der Waals surface area contributed by atoms with Crippen LogP contribution in [0.5, 0.6) is 0 Å². The lowest BCUT2D eigenvalue weighted by Gasteiger charge is -2.06. The van der Waals surface area contributed by atoms with Crippen molar-refractivity contribution in [2.24, 2.45) is 0 Å². The predicted molar refractivity (Wildman–Crippen MR) is 91.3 cm³/mol. The van der Waals surface area contributed by atoms with E-state index in [4.69, 9.17) is 4.42 Å². The summed E-state index contributed by atoms with van der Waals surface area (Å²) in [5.41, 5.74) is 6.73. The van der Waals surface area contributed by atoms with E-state index >= 15 is 0 Å². The number of para-hydroxylation sites is 1. The average Bonchev–Trinajstić information content (AvgIpc) is 2.95. The summed E-state index contributed by atoms with van der Waals surface area (Å²) in [4.78, 5) is 24.0. The molecule has 0 saturated carbocycles. The van der Waals surface area contributed by atoms with Crippen LogP contribution >= 0.6 is 0 Å². The highest BCUT2D eigenvalue weighted by Crippen LogP contribution is 2.24. The van der Waals surface area contributed by atoms with E-state index in [1.165, 1.54) is 12.1 Å². The first-order valence-electron chi connectivity index (χ1n) is 7.86. The monoisotopic (exact) mass is 340 g/mol. The lowest BCUT2D eigenvalue weighted by Crippen LogP contribution is -2.41. The maximum Gasteiger partial charge on any atom is 0.305 e. The summed E-state index contributed by atoms with van der Waals surface area (Å²) in [6.45, 7) is 1.78. The number of aryl methyl sites for hydroxylation is 2. The highest BCUT2D eigenvalue weighted by Gasteiger charge is 2.17. The second-order valence-electron chi connectivity index (χ2n) is 5.68. The lowest BCUT2D eigenvalue weighted by molar-refractivity contribution is -0.121. The van der Waals surface area contributed by atoms with Crippen LogP contribution in [0.25, 0.3) is 11.0 Å². The van der Waals surface area contributed by atoms with Crippen molar-refractivity contribution in [3.8, 4) is 0 Å². The molecule has 0 radical (unpaired) electrons. The van der Waals surface area contributed by atoms with Gasteiger partial charge in [0.1, 0.15) is 11.4 Å². The second-order valence-corrected chi connectivity index (χ2v) is 5.68. The van der Waals surface area contributed by atoms with Gasteiger partial charge in [0.2, 0.25) is 5.91 Å². The van der Waals surface area contributed by atoms with Crippen LogP contribution in [-0.2, 0) is 11.2 Å². The Morgan fingerprint density at radius 1 is 1.08 bits per heavy atom. The summed E-state index contributed by atoms with van der Waals surface area (Å²) in [6.07, 6.45) is 0.506. The van der Waals surface area contributed by atoms with Crippen LogP contribution in [-0.4, -0.2) is 11.8 Å². The molecule has 0 aliphatic heterocycles. The minimum Gasteiger partial charge on any atom is -0.451 e. The summed E-state index contributed by atoms with van der Waals surface area (Å²) in [6, 6.07) is 13.4. The van der Waals surface area contributed by atoms with Gasteiger partial charge in [0, 0.05) is 17.4 Å². The van der Waals surface area contributed by atoms with Crippen molar-refractivity contribution < 1.29 is 18.4 Å². The maximum absolute atomic E-state index is 13.1. The van der Waals surface area contributed by atoms with Crippen LogP contribution < -0.4 is 10.9 Å². The molecule has 0 aliphatic carbocycles. The van der Waals surface area contributed by atoms with Gasteiger partial charge in [-0.2, -0.15) is 0 Å². The number of amides is 2. The molecule has 6 heteroatoms. The van der Waals surface area contributed by atoms with Crippen molar-refractivity contribution in [3.05, 3.63) is 71.2 Å².